The molecule has 6 heteroatoms. The van der Waals surface area contributed by atoms with Gasteiger partial charge in [0.25, 0.3) is 5.91 Å². The Morgan fingerprint density at radius 3 is 2.30 bits per heavy atom. The fraction of sp³-hybridized carbons (Fsp3) is 0.167. The molecule has 0 aromatic heterocycles. The minimum Gasteiger partial charge on any atom is -0.356 e. The molecular formula is C24H22F2N2O2. The molecule has 0 fully saturated rings. The zero-order chi connectivity index (χ0) is 21.5. The highest BCUT2D eigenvalue weighted by Crippen LogP contribution is 2.22. The lowest BCUT2D eigenvalue weighted by Gasteiger charge is -2.24. The Hall–Kier alpha value is -3.54. The molecule has 0 aliphatic carbocycles. The van der Waals surface area contributed by atoms with Gasteiger partial charge in [-0.3, -0.25) is 9.59 Å². The van der Waals surface area contributed by atoms with Crippen molar-refractivity contribution >= 4 is 17.5 Å². The normalized spacial score (nSPS) is 10.5. The standard InChI is InChI=1S/C24H22F2N2O2/c1-2-27-23(29)14-18-5-3-8-22(13-18)28(16-17-9-11-20(25)12-10-17)24(30)19-6-4-7-21(26)15-19/h3-13,15H,2,14,16H2,1H3,(H,27,29). The molecule has 0 saturated heterocycles. The van der Waals surface area contributed by atoms with E-state index in [0.717, 1.165) is 11.1 Å². The first-order chi connectivity index (χ1) is 14.5. The molecule has 0 unspecified atom stereocenters. The van der Waals surface area contributed by atoms with Gasteiger partial charge in [-0.05, 0) is 60.5 Å². The van der Waals surface area contributed by atoms with Crippen LogP contribution in [0, 0.1) is 11.6 Å². The van der Waals surface area contributed by atoms with Crippen LogP contribution in [0.25, 0.3) is 0 Å². The van der Waals surface area contributed by atoms with Crippen molar-refractivity contribution in [1.29, 1.82) is 0 Å². The lowest BCUT2D eigenvalue weighted by atomic mass is 10.1. The predicted octanol–water partition coefficient (Wildman–Crippen LogP) is 4.49. The quantitative estimate of drug-likeness (QED) is 0.626. The van der Waals surface area contributed by atoms with Gasteiger partial charge in [-0.1, -0.05) is 30.3 Å². The molecule has 0 aliphatic rings. The smallest absolute Gasteiger partial charge is 0.258 e. The third-order valence-corrected chi connectivity index (χ3v) is 4.53. The van der Waals surface area contributed by atoms with E-state index in [4.69, 9.17) is 0 Å². The van der Waals surface area contributed by atoms with Crippen molar-refractivity contribution in [1.82, 2.24) is 5.32 Å². The van der Waals surface area contributed by atoms with Crippen LogP contribution >= 0.6 is 0 Å². The minimum atomic E-state index is -0.507. The van der Waals surface area contributed by atoms with Crippen molar-refractivity contribution in [2.45, 2.75) is 19.9 Å². The number of rotatable bonds is 7. The molecule has 4 nitrogen and oxygen atoms in total. The summed E-state index contributed by atoms with van der Waals surface area (Å²) >= 11 is 0. The number of halogens is 2. The summed E-state index contributed by atoms with van der Waals surface area (Å²) in [4.78, 5) is 26.6. The van der Waals surface area contributed by atoms with E-state index in [0.29, 0.717) is 12.2 Å². The Kier molecular flexibility index (Phi) is 6.91. The molecule has 3 aromatic carbocycles. The van der Waals surface area contributed by atoms with Crippen LogP contribution in [-0.4, -0.2) is 18.4 Å². The Morgan fingerprint density at radius 1 is 0.867 bits per heavy atom. The first kappa shape index (κ1) is 21.2. The van der Waals surface area contributed by atoms with Crippen LogP contribution in [0.2, 0.25) is 0 Å². The van der Waals surface area contributed by atoms with Crippen LogP contribution in [-0.2, 0) is 17.8 Å². The van der Waals surface area contributed by atoms with Crippen molar-refractivity contribution < 1.29 is 18.4 Å². The van der Waals surface area contributed by atoms with E-state index in [-0.39, 0.29) is 30.3 Å². The molecule has 0 saturated carbocycles. The Balaban J connectivity index is 1.95. The van der Waals surface area contributed by atoms with Crippen molar-refractivity contribution in [3.05, 3.63) is 101 Å². The lowest BCUT2D eigenvalue weighted by molar-refractivity contribution is -0.120. The van der Waals surface area contributed by atoms with E-state index in [1.807, 2.05) is 13.0 Å². The molecule has 0 spiro atoms. The lowest BCUT2D eigenvalue weighted by Crippen LogP contribution is -2.30. The summed E-state index contributed by atoms with van der Waals surface area (Å²) in [6.45, 7) is 2.55. The fourth-order valence-electron chi connectivity index (χ4n) is 3.11. The van der Waals surface area contributed by atoms with E-state index >= 15 is 0 Å². The number of anilines is 1. The largest absolute Gasteiger partial charge is 0.356 e. The number of benzene rings is 3. The highest BCUT2D eigenvalue weighted by molar-refractivity contribution is 6.06. The molecule has 0 radical (unpaired) electrons. The number of amides is 2. The van der Waals surface area contributed by atoms with Crippen molar-refractivity contribution in [3.63, 3.8) is 0 Å². The monoisotopic (exact) mass is 408 g/mol. The average Bonchev–Trinajstić information content (AvgIpc) is 2.73. The summed E-state index contributed by atoms with van der Waals surface area (Å²) in [5.41, 5.74) is 2.23. The highest BCUT2D eigenvalue weighted by Gasteiger charge is 2.19. The number of nitrogens with one attached hydrogen (secondary N) is 1. The van der Waals surface area contributed by atoms with Crippen LogP contribution in [0.15, 0.2) is 72.8 Å². The van der Waals surface area contributed by atoms with Crippen LogP contribution in [0.3, 0.4) is 0 Å². The van der Waals surface area contributed by atoms with Gasteiger partial charge in [0.2, 0.25) is 5.91 Å². The average molecular weight is 408 g/mol. The molecule has 0 heterocycles. The third kappa shape index (κ3) is 5.50. The number of nitrogens with zero attached hydrogens (tertiary/aromatic N) is 1. The maximum absolute atomic E-state index is 13.7. The Morgan fingerprint density at radius 2 is 1.60 bits per heavy atom. The van der Waals surface area contributed by atoms with Crippen LogP contribution in [0.1, 0.15) is 28.4 Å². The van der Waals surface area contributed by atoms with Crippen molar-refractivity contribution in [2.24, 2.45) is 0 Å². The summed E-state index contributed by atoms with van der Waals surface area (Å²) in [6.07, 6.45) is 0.181. The molecule has 0 atom stereocenters. The zero-order valence-corrected chi connectivity index (χ0v) is 16.6. The molecule has 3 aromatic rings. The second-order valence-electron chi connectivity index (χ2n) is 6.83. The number of carbonyl (C=O) groups is 2. The molecule has 1 N–H and O–H groups in total. The molecule has 0 aliphatic heterocycles. The Labute approximate surface area is 174 Å². The summed E-state index contributed by atoms with van der Waals surface area (Å²) in [7, 11) is 0. The second kappa shape index (κ2) is 9.78. The van der Waals surface area contributed by atoms with Gasteiger partial charge in [0.1, 0.15) is 11.6 Å². The Bertz CT molecular complexity index is 1040. The molecule has 2 amide bonds. The van der Waals surface area contributed by atoms with Gasteiger partial charge in [-0.15, -0.1) is 0 Å². The predicted molar refractivity (Wildman–Crippen MR) is 112 cm³/mol. The van der Waals surface area contributed by atoms with E-state index < -0.39 is 11.7 Å². The van der Waals surface area contributed by atoms with Gasteiger partial charge in [0.05, 0.1) is 13.0 Å². The van der Waals surface area contributed by atoms with Crippen molar-refractivity contribution in [2.75, 3.05) is 11.4 Å². The number of hydrogen-bond donors (Lipinski definition) is 1. The van der Waals surface area contributed by atoms with Crippen LogP contribution < -0.4 is 10.2 Å². The van der Waals surface area contributed by atoms with E-state index in [1.54, 1.807) is 36.4 Å². The topological polar surface area (TPSA) is 49.4 Å². The van der Waals surface area contributed by atoms with Gasteiger partial charge in [0, 0.05) is 17.8 Å². The van der Waals surface area contributed by atoms with E-state index in [2.05, 4.69) is 5.32 Å². The van der Waals surface area contributed by atoms with Gasteiger partial charge in [-0.25, -0.2) is 8.78 Å². The van der Waals surface area contributed by atoms with Crippen LogP contribution in [0.4, 0.5) is 14.5 Å². The van der Waals surface area contributed by atoms with Gasteiger partial charge in [-0.2, -0.15) is 0 Å². The second-order valence-corrected chi connectivity index (χ2v) is 6.83. The molecule has 3 rings (SSSR count). The van der Waals surface area contributed by atoms with Crippen molar-refractivity contribution in [3.8, 4) is 0 Å². The summed E-state index contributed by atoms with van der Waals surface area (Å²) in [6, 6.07) is 18.4. The molecule has 0 bridgehead atoms. The van der Waals surface area contributed by atoms with E-state index in [1.165, 1.54) is 35.2 Å². The van der Waals surface area contributed by atoms with Gasteiger partial charge >= 0.3 is 0 Å². The molecular weight excluding hydrogens is 386 g/mol. The number of hydrogen-bond acceptors (Lipinski definition) is 2. The van der Waals surface area contributed by atoms with E-state index in [9.17, 15) is 18.4 Å². The molecule has 30 heavy (non-hydrogen) atoms. The number of likely N-dealkylation sites (N-methyl/N-ethyl adjacent to an activating group) is 1. The maximum atomic E-state index is 13.7. The summed E-state index contributed by atoms with van der Waals surface area (Å²) in [5.74, 6) is -1.39. The third-order valence-electron chi connectivity index (χ3n) is 4.53. The zero-order valence-electron chi connectivity index (χ0n) is 16.6. The summed E-state index contributed by atoms with van der Waals surface area (Å²) in [5, 5.41) is 2.75. The maximum Gasteiger partial charge on any atom is 0.258 e. The number of carbonyl (C=O) groups excluding carboxylic acids is 2. The molecule has 154 valence electrons. The first-order valence-corrected chi connectivity index (χ1v) is 9.64. The van der Waals surface area contributed by atoms with Gasteiger partial charge < -0.3 is 10.2 Å². The first-order valence-electron chi connectivity index (χ1n) is 9.64. The fourth-order valence-corrected chi connectivity index (χ4v) is 3.11. The SMILES string of the molecule is CCNC(=O)Cc1cccc(N(Cc2ccc(F)cc2)C(=O)c2cccc(F)c2)c1. The minimum absolute atomic E-state index is 0.115. The highest BCUT2D eigenvalue weighted by atomic mass is 19.1. The summed E-state index contributed by atoms with van der Waals surface area (Å²) < 4.78 is 27.0. The van der Waals surface area contributed by atoms with Gasteiger partial charge in [0.15, 0.2) is 0 Å². The van der Waals surface area contributed by atoms with Crippen LogP contribution in [0.5, 0.6) is 0 Å².